The lowest BCUT2D eigenvalue weighted by atomic mass is 9.68. The number of hydrogen-bond donors (Lipinski definition) is 0. The van der Waals surface area contributed by atoms with Gasteiger partial charge in [-0.3, -0.25) is 0 Å². The molecule has 1 nitrogen and oxygen atoms in total. The zero-order valence-corrected chi connectivity index (χ0v) is 25.0. The average Bonchev–Trinajstić information content (AvgIpc) is 2.89. The third-order valence-electron chi connectivity index (χ3n) is 9.47. The van der Waals surface area contributed by atoms with E-state index in [1.807, 2.05) is 6.08 Å². The van der Waals surface area contributed by atoms with Crippen LogP contribution in [0.2, 0.25) is 0 Å². The van der Waals surface area contributed by atoms with E-state index in [2.05, 4.69) is 91.4 Å². The van der Waals surface area contributed by atoms with E-state index in [9.17, 15) is 0 Å². The molecule has 37 heavy (non-hydrogen) atoms. The molecule has 0 bridgehead atoms. The van der Waals surface area contributed by atoms with Crippen LogP contribution in [0.4, 0.5) is 0 Å². The van der Waals surface area contributed by atoms with Crippen molar-refractivity contribution in [3.05, 3.63) is 76.9 Å². The van der Waals surface area contributed by atoms with Crippen molar-refractivity contribution in [3.8, 4) is 5.75 Å². The van der Waals surface area contributed by atoms with Crippen molar-refractivity contribution in [3.63, 3.8) is 0 Å². The summed E-state index contributed by atoms with van der Waals surface area (Å²) in [7, 11) is 0. The van der Waals surface area contributed by atoms with Gasteiger partial charge in [-0.25, -0.2) is 0 Å². The van der Waals surface area contributed by atoms with Crippen molar-refractivity contribution < 1.29 is 4.74 Å². The van der Waals surface area contributed by atoms with E-state index >= 15 is 0 Å². The molecule has 2 aromatic rings. The normalized spacial score (nSPS) is 24.6. The van der Waals surface area contributed by atoms with Crippen molar-refractivity contribution in [1.82, 2.24) is 0 Å². The molecule has 0 aliphatic heterocycles. The molecule has 204 valence electrons. The van der Waals surface area contributed by atoms with Gasteiger partial charge in [-0.15, -0.1) is 6.58 Å². The second-order valence-corrected chi connectivity index (χ2v) is 12.7. The van der Waals surface area contributed by atoms with Crippen LogP contribution in [-0.4, -0.2) is 0 Å². The Morgan fingerprint density at radius 3 is 1.95 bits per heavy atom. The molecule has 2 aliphatic rings. The molecule has 0 radical (unpaired) electrons. The highest BCUT2D eigenvalue weighted by Crippen LogP contribution is 2.44. The Hall–Kier alpha value is -2.02. The van der Waals surface area contributed by atoms with Crippen LogP contribution in [-0.2, 0) is 6.61 Å². The summed E-state index contributed by atoms with van der Waals surface area (Å²) in [5.41, 5.74) is 6.71. The van der Waals surface area contributed by atoms with E-state index in [1.54, 1.807) is 0 Å². The molecule has 2 fully saturated rings. The molecule has 1 heteroatoms. The Labute approximate surface area is 229 Å². The third-order valence-corrected chi connectivity index (χ3v) is 9.47. The predicted octanol–water partition coefficient (Wildman–Crippen LogP) is 10.8. The van der Waals surface area contributed by atoms with E-state index in [4.69, 9.17) is 4.74 Å². The van der Waals surface area contributed by atoms with Crippen LogP contribution < -0.4 is 4.74 Å². The number of hydrogen-bond acceptors (Lipinski definition) is 1. The molecule has 0 N–H and O–H groups in total. The Bertz CT molecular complexity index is 970. The maximum atomic E-state index is 6.19. The Balaban J connectivity index is 0.000000479. The first-order chi connectivity index (χ1) is 17.7. The first-order valence-electron chi connectivity index (χ1n) is 15.1. The maximum Gasteiger partial charge on any atom is 0.122 e. The summed E-state index contributed by atoms with van der Waals surface area (Å²) < 4.78 is 6.19. The Morgan fingerprint density at radius 1 is 0.811 bits per heavy atom. The number of allylic oxidation sites excluding steroid dienone is 1. The van der Waals surface area contributed by atoms with E-state index in [-0.39, 0.29) is 0 Å². The van der Waals surface area contributed by atoms with Gasteiger partial charge in [0.2, 0.25) is 0 Å². The number of aryl methyl sites for hydroxylation is 3. The monoisotopic (exact) mass is 502 g/mol. The molecule has 0 saturated heterocycles. The summed E-state index contributed by atoms with van der Waals surface area (Å²) in [4.78, 5) is 0. The smallest absolute Gasteiger partial charge is 0.122 e. The van der Waals surface area contributed by atoms with Crippen molar-refractivity contribution in [2.75, 3.05) is 0 Å². The minimum Gasteiger partial charge on any atom is -0.489 e. The summed E-state index contributed by atoms with van der Waals surface area (Å²) in [6.45, 7) is 19.9. The summed E-state index contributed by atoms with van der Waals surface area (Å²) in [6, 6.07) is 13.5. The highest BCUT2D eigenvalue weighted by molar-refractivity contribution is 5.38. The van der Waals surface area contributed by atoms with Gasteiger partial charge >= 0.3 is 0 Å². The lowest BCUT2D eigenvalue weighted by Gasteiger charge is -2.37. The molecule has 0 amide bonds. The van der Waals surface area contributed by atoms with Gasteiger partial charge in [-0.1, -0.05) is 82.5 Å². The summed E-state index contributed by atoms with van der Waals surface area (Å²) in [6.07, 6.45) is 13.5. The molecular formula is C36H54O. The highest BCUT2D eigenvalue weighted by atomic mass is 16.5. The van der Waals surface area contributed by atoms with Gasteiger partial charge in [0.25, 0.3) is 0 Å². The Kier molecular flexibility index (Phi) is 11.4. The summed E-state index contributed by atoms with van der Waals surface area (Å²) >= 11 is 0. The number of benzene rings is 2. The van der Waals surface area contributed by atoms with Crippen LogP contribution in [0, 0.1) is 50.4 Å². The van der Waals surface area contributed by atoms with Gasteiger partial charge in [0.05, 0.1) is 0 Å². The number of ether oxygens (including phenoxy) is 1. The fourth-order valence-electron chi connectivity index (χ4n) is 6.21. The predicted molar refractivity (Wildman–Crippen MR) is 161 cm³/mol. The minimum atomic E-state index is 0.650. The summed E-state index contributed by atoms with van der Waals surface area (Å²) in [5.74, 6) is 6.17. The molecule has 0 spiro atoms. The molecule has 4 rings (SSSR count). The molecular weight excluding hydrogens is 448 g/mol. The quantitative estimate of drug-likeness (QED) is 0.342. The molecule has 2 aromatic carbocycles. The molecule has 1 unspecified atom stereocenters. The van der Waals surface area contributed by atoms with Crippen LogP contribution in [0.3, 0.4) is 0 Å². The van der Waals surface area contributed by atoms with E-state index in [0.717, 1.165) is 35.3 Å². The lowest BCUT2D eigenvalue weighted by molar-refractivity contribution is 0.165. The van der Waals surface area contributed by atoms with Crippen LogP contribution >= 0.6 is 0 Å². The van der Waals surface area contributed by atoms with Crippen LogP contribution in [0.15, 0.2) is 49.1 Å². The van der Waals surface area contributed by atoms with Gasteiger partial charge in [-0.05, 0) is 123 Å². The second kappa shape index (κ2) is 14.2. The Morgan fingerprint density at radius 2 is 1.43 bits per heavy atom. The van der Waals surface area contributed by atoms with Crippen molar-refractivity contribution in [1.29, 1.82) is 0 Å². The fourth-order valence-corrected chi connectivity index (χ4v) is 6.21. The third kappa shape index (κ3) is 8.76. The van der Waals surface area contributed by atoms with Gasteiger partial charge in [0.15, 0.2) is 0 Å². The second-order valence-electron chi connectivity index (χ2n) is 12.7. The van der Waals surface area contributed by atoms with E-state index in [0.29, 0.717) is 12.5 Å². The first kappa shape index (κ1) is 29.5. The van der Waals surface area contributed by atoms with Crippen molar-refractivity contribution in [2.24, 2.45) is 29.6 Å². The van der Waals surface area contributed by atoms with Gasteiger partial charge in [0, 0.05) is 0 Å². The lowest BCUT2D eigenvalue weighted by Crippen LogP contribution is -2.24. The van der Waals surface area contributed by atoms with Gasteiger partial charge < -0.3 is 4.74 Å². The first-order valence-corrected chi connectivity index (χ1v) is 15.1. The SMILES string of the molecule is C=CC(C)C(C)C.Cc1ccc(COc2ccc(C3CCC(C4CCC(C)CC4)CC3)cc2C)c(C)c1. The minimum absolute atomic E-state index is 0.650. The van der Waals surface area contributed by atoms with E-state index < -0.39 is 0 Å². The number of rotatable bonds is 7. The standard InChI is InChI=1S/C29H40O.C7H14/c1-20-5-8-24(9-6-20)25-11-13-26(14-12-25)27-15-16-29(23(4)18-27)30-19-28-10-7-21(2)17-22(28)3;1-5-7(4)6(2)3/h7,10,15-18,20,24-26H,5-6,8-9,11-14,19H2,1-4H3;5-7H,1H2,2-4H3. The largest absolute Gasteiger partial charge is 0.489 e. The zero-order valence-electron chi connectivity index (χ0n) is 25.0. The summed E-state index contributed by atoms with van der Waals surface area (Å²) in [5, 5.41) is 0. The van der Waals surface area contributed by atoms with E-state index in [1.165, 1.54) is 79.2 Å². The highest BCUT2D eigenvalue weighted by Gasteiger charge is 2.30. The van der Waals surface area contributed by atoms with Crippen LogP contribution in [0.1, 0.15) is 113 Å². The van der Waals surface area contributed by atoms with Crippen molar-refractivity contribution >= 4 is 0 Å². The molecule has 1 atom stereocenters. The zero-order chi connectivity index (χ0) is 26.9. The molecule has 0 aromatic heterocycles. The molecule has 2 saturated carbocycles. The van der Waals surface area contributed by atoms with Gasteiger partial charge in [-0.2, -0.15) is 0 Å². The topological polar surface area (TPSA) is 9.23 Å². The van der Waals surface area contributed by atoms with Crippen LogP contribution in [0.5, 0.6) is 5.75 Å². The average molecular weight is 503 g/mol. The molecule has 2 aliphatic carbocycles. The molecule has 0 heterocycles. The van der Waals surface area contributed by atoms with Crippen molar-refractivity contribution in [2.45, 2.75) is 112 Å². The van der Waals surface area contributed by atoms with Crippen LogP contribution in [0.25, 0.3) is 0 Å². The van der Waals surface area contributed by atoms with Gasteiger partial charge in [0.1, 0.15) is 12.4 Å². The maximum absolute atomic E-state index is 6.19. The fraction of sp³-hybridized carbons (Fsp3) is 0.611.